The molecule has 0 aliphatic rings. The van der Waals surface area contributed by atoms with E-state index in [0.29, 0.717) is 12.2 Å². The molecule has 22 heavy (non-hydrogen) atoms. The van der Waals surface area contributed by atoms with E-state index in [1.165, 1.54) is 25.3 Å². The standard InChI is InChI=1S/C18H33NO3/c1-5-7-9-10-11-13-18(21)19(3)16(12-8-6-2)17(22-4)14-15-20/h14-16H,5-13H2,1-4H3/b17-14+. The molecule has 0 bridgehead atoms. The summed E-state index contributed by atoms with van der Waals surface area (Å²) in [6.45, 7) is 4.30. The molecule has 0 radical (unpaired) electrons. The molecule has 0 N–H and O–H groups in total. The van der Waals surface area contributed by atoms with Crippen LogP contribution in [0.25, 0.3) is 0 Å². The molecule has 1 atom stereocenters. The van der Waals surface area contributed by atoms with Crippen molar-refractivity contribution in [2.45, 2.75) is 77.7 Å². The van der Waals surface area contributed by atoms with Gasteiger partial charge in [0, 0.05) is 19.5 Å². The van der Waals surface area contributed by atoms with Crippen LogP contribution in [0.15, 0.2) is 11.8 Å². The second-order valence-electron chi connectivity index (χ2n) is 5.74. The number of methoxy groups -OCH3 is 1. The molecule has 0 saturated carbocycles. The lowest BCUT2D eigenvalue weighted by atomic mass is 10.0. The molecule has 0 aliphatic carbocycles. The fourth-order valence-electron chi connectivity index (χ4n) is 2.54. The van der Waals surface area contributed by atoms with Crippen molar-refractivity contribution in [1.29, 1.82) is 0 Å². The number of amides is 1. The third kappa shape index (κ3) is 8.20. The van der Waals surface area contributed by atoms with E-state index in [1.807, 2.05) is 7.05 Å². The van der Waals surface area contributed by atoms with Crippen molar-refractivity contribution in [1.82, 2.24) is 4.90 Å². The van der Waals surface area contributed by atoms with Crippen LogP contribution in [0.4, 0.5) is 0 Å². The van der Waals surface area contributed by atoms with E-state index in [4.69, 9.17) is 4.74 Å². The highest BCUT2D eigenvalue weighted by atomic mass is 16.5. The van der Waals surface area contributed by atoms with Crippen molar-refractivity contribution in [3.63, 3.8) is 0 Å². The molecule has 0 aromatic heterocycles. The number of ether oxygens (including phenoxy) is 1. The SMILES string of the molecule is CCCCCCCC(=O)N(C)C(CCCC)/C(=C\C=O)OC. The van der Waals surface area contributed by atoms with Crippen molar-refractivity contribution in [2.75, 3.05) is 14.2 Å². The molecular formula is C18H33NO3. The second kappa shape index (κ2) is 13.4. The molecule has 4 nitrogen and oxygen atoms in total. The molecular weight excluding hydrogens is 278 g/mol. The fraction of sp³-hybridized carbons (Fsp3) is 0.778. The van der Waals surface area contributed by atoms with Crippen LogP contribution in [-0.4, -0.2) is 37.3 Å². The first-order valence-corrected chi connectivity index (χ1v) is 8.57. The van der Waals surface area contributed by atoms with E-state index < -0.39 is 0 Å². The third-order valence-electron chi connectivity index (χ3n) is 3.98. The molecule has 0 spiro atoms. The maximum atomic E-state index is 12.4. The van der Waals surface area contributed by atoms with Crippen molar-refractivity contribution in [2.24, 2.45) is 0 Å². The summed E-state index contributed by atoms with van der Waals surface area (Å²) in [7, 11) is 3.36. The van der Waals surface area contributed by atoms with E-state index in [-0.39, 0.29) is 11.9 Å². The maximum absolute atomic E-state index is 12.4. The molecule has 4 heteroatoms. The Hall–Kier alpha value is -1.32. The number of allylic oxidation sites excluding steroid dienone is 1. The van der Waals surface area contributed by atoms with Gasteiger partial charge in [-0.15, -0.1) is 0 Å². The molecule has 0 saturated heterocycles. The topological polar surface area (TPSA) is 46.6 Å². The number of carbonyl (C=O) groups is 2. The number of aldehydes is 1. The monoisotopic (exact) mass is 311 g/mol. The lowest BCUT2D eigenvalue weighted by molar-refractivity contribution is -0.132. The number of hydrogen-bond acceptors (Lipinski definition) is 3. The lowest BCUT2D eigenvalue weighted by Crippen LogP contribution is -2.38. The molecule has 1 amide bonds. The van der Waals surface area contributed by atoms with Crippen molar-refractivity contribution in [3.05, 3.63) is 11.8 Å². The molecule has 1 unspecified atom stereocenters. The van der Waals surface area contributed by atoms with E-state index >= 15 is 0 Å². The van der Waals surface area contributed by atoms with Crippen LogP contribution in [0.2, 0.25) is 0 Å². The Balaban J connectivity index is 4.59. The summed E-state index contributed by atoms with van der Waals surface area (Å²) in [5.41, 5.74) is 0. The van der Waals surface area contributed by atoms with Gasteiger partial charge in [-0.3, -0.25) is 9.59 Å². The van der Waals surface area contributed by atoms with Gasteiger partial charge < -0.3 is 9.64 Å². The minimum atomic E-state index is -0.140. The van der Waals surface area contributed by atoms with Gasteiger partial charge in [-0.05, 0) is 12.8 Å². The number of rotatable bonds is 13. The van der Waals surface area contributed by atoms with Crippen molar-refractivity contribution in [3.8, 4) is 0 Å². The smallest absolute Gasteiger partial charge is 0.222 e. The van der Waals surface area contributed by atoms with Gasteiger partial charge in [0.1, 0.15) is 12.0 Å². The van der Waals surface area contributed by atoms with Crippen LogP contribution in [0.3, 0.4) is 0 Å². The lowest BCUT2D eigenvalue weighted by Gasteiger charge is -2.29. The minimum Gasteiger partial charge on any atom is -0.499 e. The fourth-order valence-corrected chi connectivity index (χ4v) is 2.54. The Morgan fingerprint density at radius 3 is 2.27 bits per heavy atom. The first-order valence-electron chi connectivity index (χ1n) is 8.57. The molecule has 0 fully saturated rings. The Labute approximate surface area is 135 Å². The van der Waals surface area contributed by atoms with Gasteiger partial charge in [0.15, 0.2) is 0 Å². The number of nitrogens with zero attached hydrogens (tertiary/aromatic N) is 1. The first kappa shape index (κ1) is 20.7. The number of hydrogen-bond donors (Lipinski definition) is 0. The quantitative estimate of drug-likeness (QED) is 0.223. The summed E-state index contributed by atoms with van der Waals surface area (Å²) in [4.78, 5) is 24.9. The average molecular weight is 311 g/mol. The van der Waals surface area contributed by atoms with Gasteiger partial charge in [-0.2, -0.15) is 0 Å². The van der Waals surface area contributed by atoms with E-state index in [1.54, 1.807) is 12.0 Å². The molecule has 0 heterocycles. The summed E-state index contributed by atoms with van der Waals surface area (Å²) in [6, 6.07) is -0.140. The van der Waals surface area contributed by atoms with Gasteiger partial charge in [0.25, 0.3) is 0 Å². The molecule has 0 aromatic carbocycles. The first-order chi connectivity index (χ1) is 10.6. The molecule has 128 valence electrons. The highest BCUT2D eigenvalue weighted by molar-refractivity contribution is 5.77. The van der Waals surface area contributed by atoms with Gasteiger partial charge in [0.2, 0.25) is 5.91 Å². The average Bonchev–Trinajstić information content (AvgIpc) is 2.53. The zero-order chi connectivity index (χ0) is 16.8. The Kier molecular flexibility index (Phi) is 12.5. The Morgan fingerprint density at radius 2 is 1.73 bits per heavy atom. The predicted molar refractivity (Wildman–Crippen MR) is 90.6 cm³/mol. The van der Waals surface area contributed by atoms with Crippen LogP contribution < -0.4 is 0 Å². The zero-order valence-corrected chi connectivity index (χ0v) is 14.8. The van der Waals surface area contributed by atoms with Crippen LogP contribution in [0, 0.1) is 0 Å². The highest BCUT2D eigenvalue weighted by Gasteiger charge is 2.23. The summed E-state index contributed by atoms with van der Waals surface area (Å²) < 4.78 is 5.31. The van der Waals surface area contributed by atoms with Crippen LogP contribution in [0.1, 0.15) is 71.6 Å². The van der Waals surface area contributed by atoms with E-state index in [9.17, 15) is 9.59 Å². The largest absolute Gasteiger partial charge is 0.499 e. The summed E-state index contributed by atoms with van der Waals surface area (Å²) in [5.74, 6) is 0.705. The van der Waals surface area contributed by atoms with Gasteiger partial charge >= 0.3 is 0 Å². The maximum Gasteiger partial charge on any atom is 0.222 e. The molecule has 0 rings (SSSR count). The summed E-state index contributed by atoms with van der Waals surface area (Å²) in [6.07, 6.45) is 11.3. The van der Waals surface area contributed by atoms with E-state index in [2.05, 4.69) is 13.8 Å². The van der Waals surface area contributed by atoms with Crippen molar-refractivity contribution >= 4 is 12.2 Å². The second-order valence-corrected chi connectivity index (χ2v) is 5.74. The third-order valence-corrected chi connectivity index (χ3v) is 3.98. The summed E-state index contributed by atoms with van der Waals surface area (Å²) >= 11 is 0. The Morgan fingerprint density at radius 1 is 1.09 bits per heavy atom. The van der Waals surface area contributed by atoms with Crippen LogP contribution in [0.5, 0.6) is 0 Å². The predicted octanol–water partition coefficient (Wildman–Crippen LogP) is 4.09. The minimum absolute atomic E-state index is 0.131. The van der Waals surface area contributed by atoms with Crippen LogP contribution in [-0.2, 0) is 14.3 Å². The zero-order valence-electron chi connectivity index (χ0n) is 14.8. The highest BCUT2D eigenvalue weighted by Crippen LogP contribution is 2.18. The van der Waals surface area contributed by atoms with Crippen molar-refractivity contribution < 1.29 is 14.3 Å². The number of unbranched alkanes of at least 4 members (excludes halogenated alkanes) is 5. The van der Waals surface area contributed by atoms with Gasteiger partial charge in [-0.25, -0.2) is 0 Å². The van der Waals surface area contributed by atoms with E-state index in [0.717, 1.165) is 38.4 Å². The molecule has 0 aliphatic heterocycles. The Bertz CT molecular complexity index is 339. The number of carbonyl (C=O) groups excluding carboxylic acids is 2. The molecule has 0 aromatic rings. The van der Waals surface area contributed by atoms with Gasteiger partial charge in [0.05, 0.1) is 13.2 Å². The van der Waals surface area contributed by atoms with Crippen LogP contribution >= 0.6 is 0 Å². The number of likely N-dealkylation sites (N-methyl/N-ethyl adjacent to an activating group) is 1. The summed E-state index contributed by atoms with van der Waals surface area (Å²) in [5, 5.41) is 0. The van der Waals surface area contributed by atoms with Gasteiger partial charge in [-0.1, -0.05) is 52.4 Å². The normalized spacial score (nSPS) is 12.8.